The van der Waals surface area contributed by atoms with Crippen LogP contribution in [0.15, 0.2) is 23.4 Å². The average Bonchev–Trinajstić information content (AvgIpc) is 3.16. The highest BCUT2D eigenvalue weighted by atomic mass is 32.2. The maximum atomic E-state index is 4.50. The smallest absolute Gasteiger partial charge is 0.137 e. The van der Waals surface area contributed by atoms with Gasteiger partial charge in [0.25, 0.3) is 0 Å². The van der Waals surface area contributed by atoms with Crippen LogP contribution >= 0.6 is 11.8 Å². The minimum Gasteiger partial charge on any atom is -0.367 e. The highest BCUT2D eigenvalue weighted by molar-refractivity contribution is 7.99. The van der Waals surface area contributed by atoms with Gasteiger partial charge in [0, 0.05) is 22.1 Å². The number of hydrogen-bond donors (Lipinski definition) is 1. The number of nitrogens with zero attached hydrogens (tertiary/aromatic N) is 2. The second-order valence-corrected chi connectivity index (χ2v) is 6.66. The molecule has 0 radical (unpaired) electrons. The topological polar surface area (TPSA) is 37.8 Å². The van der Waals surface area contributed by atoms with E-state index in [2.05, 4.69) is 34.3 Å². The maximum absolute atomic E-state index is 4.50. The van der Waals surface area contributed by atoms with Crippen LogP contribution in [0.3, 0.4) is 0 Å². The van der Waals surface area contributed by atoms with Crippen LogP contribution in [0, 0.1) is 5.92 Å². The van der Waals surface area contributed by atoms with Crippen molar-refractivity contribution in [3.8, 4) is 0 Å². The van der Waals surface area contributed by atoms with Gasteiger partial charge < -0.3 is 5.32 Å². The first-order valence-electron chi connectivity index (χ1n) is 6.99. The Labute approximate surface area is 117 Å². The number of rotatable bonds is 3. The lowest BCUT2D eigenvalue weighted by atomic mass is 10.1. The van der Waals surface area contributed by atoms with E-state index in [9.17, 15) is 0 Å². The lowest BCUT2D eigenvalue weighted by molar-refractivity contribution is 0.691. The number of aromatic nitrogens is 2. The van der Waals surface area contributed by atoms with Gasteiger partial charge in [0.2, 0.25) is 0 Å². The second-order valence-electron chi connectivity index (χ2n) is 5.53. The van der Waals surface area contributed by atoms with Crippen molar-refractivity contribution in [2.24, 2.45) is 5.92 Å². The first kappa shape index (κ1) is 11.5. The molecule has 1 aliphatic heterocycles. The number of hydrogen-bond acceptors (Lipinski definition) is 4. The highest BCUT2D eigenvalue weighted by Crippen LogP contribution is 2.39. The molecule has 4 rings (SSSR count). The van der Waals surface area contributed by atoms with Crippen LogP contribution in [0.4, 0.5) is 5.82 Å². The Hall–Kier alpha value is -1.29. The van der Waals surface area contributed by atoms with Crippen molar-refractivity contribution in [3.05, 3.63) is 24.0 Å². The number of nitrogens with one attached hydrogen (secondary N) is 1. The summed E-state index contributed by atoms with van der Waals surface area (Å²) in [7, 11) is 0. The fraction of sp³-hybridized carbons (Fsp3) is 0.467. The minimum absolute atomic E-state index is 0.517. The Morgan fingerprint density at radius 1 is 1.32 bits per heavy atom. The Kier molecular flexibility index (Phi) is 2.65. The molecule has 4 heteroatoms. The number of benzene rings is 1. The number of anilines is 1. The Morgan fingerprint density at radius 3 is 3.05 bits per heavy atom. The summed E-state index contributed by atoms with van der Waals surface area (Å²) in [4.78, 5) is 10.3. The molecule has 1 aliphatic carbocycles. The molecule has 1 aromatic carbocycles. The summed E-state index contributed by atoms with van der Waals surface area (Å²) < 4.78 is 0. The molecule has 0 spiro atoms. The second kappa shape index (κ2) is 4.37. The van der Waals surface area contributed by atoms with Gasteiger partial charge >= 0.3 is 0 Å². The van der Waals surface area contributed by atoms with E-state index >= 15 is 0 Å². The summed E-state index contributed by atoms with van der Waals surface area (Å²) in [5.41, 5.74) is 2.51. The fourth-order valence-corrected chi connectivity index (χ4v) is 3.96. The molecule has 1 aromatic heterocycles. The fourth-order valence-electron chi connectivity index (χ4n) is 2.89. The molecular formula is C15H17N3S. The Balaban J connectivity index is 1.82. The summed E-state index contributed by atoms with van der Waals surface area (Å²) in [5.74, 6) is 3.04. The number of aryl methyl sites for hydroxylation is 1. The van der Waals surface area contributed by atoms with Crippen molar-refractivity contribution in [2.75, 3.05) is 11.1 Å². The van der Waals surface area contributed by atoms with Crippen molar-refractivity contribution in [1.82, 2.24) is 9.97 Å². The van der Waals surface area contributed by atoms with Gasteiger partial charge in [-0.05, 0) is 49.8 Å². The molecule has 2 heterocycles. The lowest BCUT2D eigenvalue weighted by Crippen LogP contribution is -2.18. The van der Waals surface area contributed by atoms with Crippen LogP contribution in [0.5, 0.6) is 0 Å². The van der Waals surface area contributed by atoms with Gasteiger partial charge in [-0.3, -0.25) is 0 Å². The van der Waals surface area contributed by atoms with Crippen LogP contribution in [-0.2, 0) is 6.42 Å². The minimum atomic E-state index is 0.517. The largest absolute Gasteiger partial charge is 0.367 e. The zero-order valence-electron chi connectivity index (χ0n) is 11.0. The van der Waals surface area contributed by atoms with Crippen molar-refractivity contribution in [3.63, 3.8) is 0 Å². The van der Waals surface area contributed by atoms with E-state index in [1.807, 2.05) is 11.8 Å². The van der Waals surface area contributed by atoms with Crippen LogP contribution < -0.4 is 5.32 Å². The van der Waals surface area contributed by atoms with E-state index in [0.29, 0.717) is 6.04 Å². The molecule has 0 saturated heterocycles. The molecular weight excluding hydrogens is 254 g/mol. The molecule has 1 saturated carbocycles. The summed E-state index contributed by atoms with van der Waals surface area (Å²) >= 11 is 1.95. The van der Waals surface area contributed by atoms with Crippen molar-refractivity contribution in [1.29, 1.82) is 0 Å². The molecule has 3 nitrogen and oxygen atoms in total. The number of thioether (sulfide) groups is 1. The molecule has 2 aliphatic rings. The van der Waals surface area contributed by atoms with Crippen LogP contribution in [0.2, 0.25) is 0 Å². The predicted molar refractivity (Wildman–Crippen MR) is 79.8 cm³/mol. The standard InChI is InChI=1S/C15H17N3S/c1-9(10-2-3-10)18-15-14-11-6-7-19-13(11)5-4-12(14)16-8-17-15/h4-5,8-10H,2-3,6-7H2,1H3,(H,16,17,18). The molecule has 1 unspecified atom stereocenters. The van der Waals surface area contributed by atoms with Gasteiger partial charge in [-0.25, -0.2) is 9.97 Å². The average molecular weight is 271 g/mol. The SMILES string of the molecule is CC(Nc1ncnc2ccc3c(c12)CCS3)C1CC1. The summed E-state index contributed by atoms with van der Waals surface area (Å²) in [6.45, 7) is 2.27. The third kappa shape index (κ3) is 1.98. The van der Waals surface area contributed by atoms with Crippen LogP contribution in [0.25, 0.3) is 10.9 Å². The van der Waals surface area contributed by atoms with E-state index in [0.717, 1.165) is 23.7 Å². The highest BCUT2D eigenvalue weighted by Gasteiger charge is 2.29. The van der Waals surface area contributed by atoms with Crippen molar-refractivity contribution >= 4 is 28.5 Å². The van der Waals surface area contributed by atoms with Gasteiger partial charge in [0.1, 0.15) is 12.1 Å². The predicted octanol–water partition coefficient (Wildman–Crippen LogP) is 3.49. The van der Waals surface area contributed by atoms with Gasteiger partial charge in [0.05, 0.1) is 5.52 Å². The van der Waals surface area contributed by atoms with Crippen molar-refractivity contribution < 1.29 is 0 Å². The van der Waals surface area contributed by atoms with Gasteiger partial charge in [0.15, 0.2) is 0 Å². The molecule has 19 heavy (non-hydrogen) atoms. The zero-order chi connectivity index (χ0) is 12.8. The molecule has 2 aromatic rings. The van der Waals surface area contributed by atoms with E-state index in [4.69, 9.17) is 0 Å². The molecule has 0 bridgehead atoms. The quantitative estimate of drug-likeness (QED) is 0.927. The Bertz CT molecular complexity index is 637. The monoisotopic (exact) mass is 271 g/mol. The van der Waals surface area contributed by atoms with E-state index in [-0.39, 0.29) is 0 Å². The lowest BCUT2D eigenvalue weighted by Gasteiger charge is -2.16. The summed E-state index contributed by atoms with van der Waals surface area (Å²) in [5, 5.41) is 4.86. The molecule has 1 N–H and O–H groups in total. The first-order chi connectivity index (χ1) is 9.33. The number of fused-ring (bicyclic) bond motifs is 3. The van der Waals surface area contributed by atoms with Gasteiger partial charge in [-0.2, -0.15) is 0 Å². The third-order valence-electron chi connectivity index (χ3n) is 4.17. The molecule has 98 valence electrons. The first-order valence-corrected chi connectivity index (χ1v) is 7.97. The maximum Gasteiger partial charge on any atom is 0.137 e. The molecule has 1 fully saturated rings. The normalized spacial score (nSPS) is 19.4. The zero-order valence-corrected chi connectivity index (χ0v) is 11.8. The van der Waals surface area contributed by atoms with Gasteiger partial charge in [-0.1, -0.05) is 0 Å². The van der Waals surface area contributed by atoms with E-state index in [1.54, 1.807) is 6.33 Å². The van der Waals surface area contributed by atoms with Crippen molar-refractivity contribution in [2.45, 2.75) is 37.1 Å². The Morgan fingerprint density at radius 2 is 2.21 bits per heavy atom. The molecule has 0 amide bonds. The van der Waals surface area contributed by atoms with Crippen LogP contribution in [-0.4, -0.2) is 21.8 Å². The van der Waals surface area contributed by atoms with E-state index < -0.39 is 0 Å². The third-order valence-corrected chi connectivity index (χ3v) is 5.27. The summed E-state index contributed by atoms with van der Waals surface area (Å²) in [6.07, 6.45) is 5.52. The van der Waals surface area contributed by atoms with Crippen LogP contribution in [0.1, 0.15) is 25.3 Å². The van der Waals surface area contributed by atoms with Gasteiger partial charge in [-0.15, -0.1) is 11.8 Å². The molecule has 1 atom stereocenters. The van der Waals surface area contributed by atoms with E-state index in [1.165, 1.54) is 34.4 Å². The summed E-state index contributed by atoms with van der Waals surface area (Å²) in [6, 6.07) is 4.85.